The number of hydrogen-bond donors (Lipinski definition) is 1. The van der Waals surface area contributed by atoms with Crippen molar-refractivity contribution in [3.05, 3.63) is 35.4 Å². The molecule has 0 radical (unpaired) electrons. The van der Waals surface area contributed by atoms with Crippen LogP contribution in [-0.4, -0.2) is 29.8 Å². The number of likely N-dealkylation sites (tertiary alicyclic amines) is 1. The maximum Gasteiger partial charge on any atom is 0.225 e. The summed E-state index contributed by atoms with van der Waals surface area (Å²) in [6.45, 7) is 5.56. The lowest BCUT2D eigenvalue weighted by Crippen LogP contribution is -2.46. The second-order valence-corrected chi connectivity index (χ2v) is 7.22. The van der Waals surface area contributed by atoms with Gasteiger partial charge < -0.3 is 10.2 Å². The van der Waals surface area contributed by atoms with E-state index in [1.807, 2.05) is 11.8 Å². The van der Waals surface area contributed by atoms with E-state index in [0.29, 0.717) is 6.54 Å². The number of hydrogen-bond acceptors (Lipinski definition) is 2. The topological polar surface area (TPSA) is 49.4 Å². The summed E-state index contributed by atoms with van der Waals surface area (Å²) in [7, 11) is 0. The molecule has 4 heteroatoms. The van der Waals surface area contributed by atoms with E-state index in [1.165, 1.54) is 5.56 Å². The van der Waals surface area contributed by atoms with E-state index in [9.17, 15) is 9.59 Å². The van der Waals surface area contributed by atoms with E-state index in [4.69, 9.17) is 0 Å². The molecule has 3 rings (SSSR count). The predicted molar refractivity (Wildman–Crippen MR) is 94.4 cm³/mol. The molecule has 1 aromatic rings. The standard InChI is InChI=1S/C20H28N2O2/c1-3-15-6-8-16(9-7-15)14(2)21-19(23)18-5-4-12-22(13-18)20(24)17-10-11-17/h6-9,14,17-18H,3-5,10-13H2,1-2H3,(H,21,23)/t14-,18-/m0/s1. The summed E-state index contributed by atoms with van der Waals surface area (Å²) in [6, 6.07) is 8.42. The number of nitrogens with zero attached hydrogens (tertiary/aromatic N) is 1. The highest BCUT2D eigenvalue weighted by atomic mass is 16.2. The molecular weight excluding hydrogens is 300 g/mol. The SMILES string of the molecule is CCc1ccc([C@H](C)NC(=O)[C@H]2CCCN(C(=O)C3CC3)C2)cc1. The Balaban J connectivity index is 1.55. The van der Waals surface area contributed by atoms with Gasteiger partial charge in [0, 0.05) is 19.0 Å². The van der Waals surface area contributed by atoms with Gasteiger partial charge >= 0.3 is 0 Å². The van der Waals surface area contributed by atoms with Crippen LogP contribution in [0.4, 0.5) is 0 Å². The monoisotopic (exact) mass is 328 g/mol. The first-order valence-electron chi connectivity index (χ1n) is 9.26. The average molecular weight is 328 g/mol. The van der Waals surface area contributed by atoms with Crippen molar-refractivity contribution in [2.24, 2.45) is 11.8 Å². The Hall–Kier alpha value is -1.84. The number of aryl methyl sites for hydroxylation is 1. The largest absolute Gasteiger partial charge is 0.349 e. The predicted octanol–water partition coefficient (Wildman–Crippen LogP) is 3.07. The quantitative estimate of drug-likeness (QED) is 0.903. The van der Waals surface area contributed by atoms with E-state index >= 15 is 0 Å². The average Bonchev–Trinajstić information content (AvgIpc) is 3.46. The van der Waals surface area contributed by atoms with Crippen molar-refractivity contribution >= 4 is 11.8 Å². The van der Waals surface area contributed by atoms with Crippen LogP contribution in [0.5, 0.6) is 0 Å². The highest BCUT2D eigenvalue weighted by Gasteiger charge is 2.36. The third kappa shape index (κ3) is 3.97. The number of nitrogens with one attached hydrogen (secondary N) is 1. The summed E-state index contributed by atoms with van der Waals surface area (Å²) < 4.78 is 0. The lowest BCUT2D eigenvalue weighted by molar-refractivity contribution is -0.137. The molecule has 1 saturated heterocycles. The van der Waals surface area contributed by atoms with Crippen molar-refractivity contribution in [3.8, 4) is 0 Å². The lowest BCUT2D eigenvalue weighted by atomic mass is 9.96. The fourth-order valence-corrected chi connectivity index (χ4v) is 3.44. The van der Waals surface area contributed by atoms with Gasteiger partial charge in [-0.05, 0) is 50.2 Å². The van der Waals surface area contributed by atoms with Crippen LogP contribution >= 0.6 is 0 Å². The third-order valence-corrected chi connectivity index (χ3v) is 5.28. The zero-order chi connectivity index (χ0) is 17.1. The highest BCUT2D eigenvalue weighted by molar-refractivity contribution is 5.83. The van der Waals surface area contributed by atoms with Crippen LogP contribution in [0.15, 0.2) is 24.3 Å². The molecule has 2 amide bonds. The zero-order valence-corrected chi connectivity index (χ0v) is 14.8. The van der Waals surface area contributed by atoms with Gasteiger partial charge in [0.05, 0.1) is 12.0 Å². The van der Waals surface area contributed by atoms with Crippen LogP contribution in [0, 0.1) is 11.8 Å². The molecule has 1 aliphatic heterocycles. The number of rotatable bonds is 5. The van der Waals surface area contributed by atoms with Gasteiger partial charge in [-0.1, -0.05) is 31.2 Å². The van der Waals surface area contributed by atoms with E-state index in [2.05, 4.69) is 36.5 Å². The summed E-state index contributed by atoms with van der Waals surface area (Å²) in [4.78, 5) is 26.7. The minimum atomic E-state index is -0.0705. The molecule has 2 atom stereocenters. The molecule has 1 saturated carbocycles. The number of piperidine rings is 1. The first-order chi connectivity index (χ1) is 11.6. The first kappa shape index (κ1) is 17.0. The van der Waals surface area contributed by atoms with Crippen LogP contribution < -0.4 is 5.32 Å². The molecule has 1 heterocycles. The van der Waals surface area contributed by atoms with Gasteiger partial charge in [0.2, 0.25) is 11.8 Å². The Morgan fingerprint density at radius 3 is 2.50 bits per heavy atom. The molecule has 0 unspecified atom stereocenters. The van der Waals surface area contributed by atoms with Crippen molar-refractivity contribution in [3.63, 3.8) is 0 Å². The molecule has 1 aliphatic carbocycles. The van der Waals surface area contributed by atoms with Crippen molar-refractivity contribution in [1.82, 2.24) is 10.2 Å². The Morgan fingerprint density at radius 1 is 1.17 bits per heavy atom. The third-order valence-electron chi connectivity index (χ3n) is 5.28. The normalized spacial score (nSPS) is 22.1. The number of benzene rings is 1. The van der Waals surface area contributed by atoms with Gasteiger partial charge in [0.1, 0.15) is 0 Å². The molecule has 2 fully saturated rings. The molecule has 1 N–H and O–H groups in total. The molecule has 0 aromatic heterocycles. The second kappa shape index (κ2) is 7.37. The smallest absolute Gasteiger partial charge is 0.225 e. The van der Waals surface area contributed by atoms with Crippen LogP contribution in [-0.2, 0) is 16.0 Å². The Bertz CT molecular complexity index is 592. The summed E-state index contributed by atoms with van der Waals surface area (Å²) in [5, 5.41) is 3.13. The fraction of sp³-hybridized carbons (Fsp3) is 0.600. The second-order valence-electron chi connectivity index (χ2n) is 7.22. The minimum absolute atomic E-state index is 0.00193. The van der Waals surface area contributed by atoms with Crippen LogP contribution in [0.25, 0.3) is 0 Å². The molecule has 4 nitrogen and oxygen atoms in total. The van der Waals surface area contributed by atoms with Crippen molar-refractivity contribution in [1.29, 1.82) is 0 Å². The summed E-state index contributed by atoms with van der Waals surface area (Å²) in [5.41, 5.74) is 2.43. The minimum Gasteiger partial charge on any atom is -0.349 e. The summed E-state index contributed by atoms with van der Waals surface area (Å²) in [6.07, 6.45) is 4.87. The Morgan fingerprint density at radius 2 is 1.88 bits per heavy atom. The van der Waals surface area contributed by atoms with E-state index in [1.54, 1.807) is 0 Å². The maximum absolute atomic E-state index is 12.6. The van der Waals surface area contributed by atoms with Gasteiger partial charge in [-0.15, -0.1) is 0 Å². The van der Waals surface area contributed by atoms with Crippen LogP contribution in [0.2, 0.25) is 0 Å². The molecule has 2 aliphatic rings. The van der Waals surface area contributed by atoms with Crippen LogP contribution in [0.1, 0.15) is 56.7 Å². The molecule has 130 valence electrons. The Kier molecular flexibility index (Phi) is 5.22. The van der Waals surface area contributed by atoms with Gasteiger partial charge in [-0.2, -0.15) is 0 Å². The number of amides is 2. The van der Waals surface area contributed by atoms with E-state index < -0.39 is 0 Å². The number of carbonyl (C=O) groups is 2. The zero-order valence-electron chi connectivity index (χ0n) is 14.8. The molecule has 1 aromatic carbocycles. The summed E-state index contributed by atoms with van der Waals surface area (Å²) >= 11 is 0. The van der Waals surface area contributed by atoms with E-state index in [0.717, 1.165) is 44.2 Å². The molecule has 0 spiro atoms. The molecule has 24 heavy (non-hydrogen) atoms. The van der Waals surface area contributed by atoms with Crippen molar-refractivity contribution in [2.75, 3.05) is 13.1 Å². The van der Waals surface area contributed by atoms with Gasteiger partial charge in [0.25, 0.3) is 0 Å². The number of carbonyl (C=O) groups excluding carboxylic acids is 2. The van der Waals surface area contributed by atoms with Gasteiger partial charge in [-0.3, -0.25) is 9.59 Å². The van der Waals surface area contributed by atoms with Gasteiger partial charge in [-0.25, -0.2) is 0 Å². The van der Waals surface area contributed by atoms with Gasteiger partial charge in [0.15, 0.2) is 0 Å². The van der Waals surface area contributed by atoms with E-state index in [-0.39, 0.29) is 29.7 Å². The molecule has 0 bridgehead atoms. The first-order valence-corrected chi connectivity index (χ1v) is 9.26. The van der Waals surface area contributed by atoms with Crippen LogP contribution in [0.3, 0.4) is 0 Å². The fourth-order valence-electron chi connectivity index (χ4n) is 3.44. The van der Waals surface area contributed by atoms with Crippen molar-refractivity contribution < 1.29 is 9.59 Å². The molecular formula is C20H28N2O2. The Labute approximate surface area is 144 Å². The maximum atomic E-state index is 12.6. The lowest BCUT2D eigenvalue weighted by Gasteiger charge is -2.32. The van der Waals surface area contributed by atoms with Crippen molar-refractivity contribution in [2.45, 2.75) is 52.0 Å². The summed E-state index contributed by atoms with van der Waals surface area (Å²) in [5.74, 6) is 0.507. The highest BCUT2D eigenvalue weighted by Crippen LogP contribution is 2.32.